The Morgan fingerprint density at radius 2 is 2.03 bits per heavy atom. The Kier molecular flexibility index (Phi) is 6.45. The van der Waals surface area contributed by atoms with Crippen molar-refractivity contribution in [2.24, 2.45) is 5.73 Å². The highest BCUT2D eigenvalue weighted by Gasteiger charge is 2.44. The lowest BCUT2D eigenvalue weighted by Crippen LogP contribution is -2.52. The van der Waals surface area contributed by atoms with Gasteiger partial charge in [0.2, 0.25) is 5.91 Å². The maximum atomic E-state index is 12.8. The van der Waals surface area contributed by atoms with Crippen LogP contribution in [0.4, 0.5) is 5.82 Å². The molecule has 0 aliphatic carbocycles. The Morgan fingerprint density at radius 3 is 2.70 bits per heavy atom. The zero-order valence-electron chi connectivity index (χ0n) is 19.0. The number of nitrogens with two attached hydrogens (primary N) is 1. The molecule has 0 radical (unpaired) electrons. The minimum atomic E-state index is -1.02. The van der Waals surface area contributed by atoms with E-state index in [1.165, 1.54) is 6.33 Å². The van der Waals surface area contributed by atoms with Crippen LogP contribution in [0.2, 0.25) is 0 Å². The van der Waals surface area contributed by atoms with Gasteiger partial charge in [-0.15, -0.1) is 0 Å². The van der Waals surface area contributed by atoms with E-state index in [2.05, 4.69) is 20.3 Å². The second-order valence-corrected chi connectivity index (χ2v) is 8.33. The van der Waals surface area contributed by atoms with E-state index in [1.54, 1.807) is 24.9 Å². The maximum absolute atomic E-state index is 12.8. The van der Waals surface area contributed by atoms with E-state index in [-0.39, 0.29) is 5.91 Å². The van der Waals surface area contributed by atoms with Crippen molar-refractivity contribution in [2.45, 2.75) is 43.9 Å². The van der Waals surface area contributed by atoms with Gasteiger partial charge in [0.15, 0.2) is 23.2 Å². The van der Waals surface area contributed by atoms with Crippen LogP contribution in [0, 0.1) is 0 Å². The number of ether oxygens (including phenoxy) is 2. The molecule has 1 fully saturated rings. The fourth-order valence-corrected chi connectivity index (χ4v) is 4.01. The zero-order valence-corrected chi connectivity index (χ0v) is 19.0. The van der Waals surface area contributed by atoms with Crippen LogP contribution in [0.5, 0.6) is 5.75 Å². The van der Waals surface area contributed by atoms with Crippen molar-refractivity contribution in [3.8, 4) is 5.75 Å². The molecular formula is C22H29N7O4. The first-order valence-corrected chi connectivity index (χ1v) is 10.7. The maximum Gasteiger partial charge on any atom is 0.237 e. The van der Waals surface area contributed by atoms with Gasteiger partial charge in [0.05, 0.1) is 31.6 Å². The number of benzene rings is 1. The third kappa shape index (κ3) is 4.47. The number of nitrogens with one attached hydrogen (secondary N) is 1. The number of anilines is 1. The van der Waals surface area contributed by atoms with Crippen molar-refractivity contribution < 1.29 is 19.4 Å². The number of hydrogen-bond donors (Lipinski definition) is 3. The van der Waals surface area contributed by atoms with Crippen LogP contribution in [-0.2, 0) is 16.0 Å². The molecular weight excluding hydrogens is 426 g/mol. The molecule has 1 aromatic carbocycles. The van der Waals surface area contributed by atoms with E-state index < -0.39 is 30.5 Å². The fourth-order valence-electron chi connectivity index (χ4n) is 4.01. The zero-order chi connectivity index (χ0) is 23.7. The van der Waals surface area contributed by atoms with Gasteiger partial charge in [-0.3, -0.25) is 9.36 Å². The Balaban J connectivity index is 1.46. The molecule has 11 heteroatoms. The number of aliphatic hydroxyl groups is 1. The van der Waals surface area contributed by atoms with E-state index in [1.807, 2.05) is 43.3 Å². The van der Waals surface area contributed by atoms with Gasteiger partial charge in [-0.25, -0.2) is 15.0 Å². The summed E-state index contributed by atoms with van der Waals surface area (Å²) in [6, 6.07) is 5.96. The average molecular weight is 456 g/mol. The highest BCUT2D eigenvalue weighted by Crippen LogP contribution is 2.32. The van der Waals surface area contributed by atoms with Gasteiger partial charge < -0.3 is 30.5 Å². The van der Waals surface area contributed by atoms with E-state index in [0.717, 1.165) is 11.3 Å². The van der Waals surface area contributed by atoms with Crippen LogP contribution in [0.25, 0.3) is 11.2 Å². The number of hydrogen-bond acceptors (Lipinski definition) is 9. The molecule has 176 valence electrons. The van der Waals surface area contributed by atoms with Crippen molar-refractivity contribution in [1.29, 1.82) is 0 Å². The van der Waals surface area contributed by atoms with Crippen molar-refractivity contribution in [1.82, 2.24) is 24.8 Å². The first-order chi connectivity index (χ1) is 15.8. The number of methoxy groups -OCH3 is 1. The molecule has 2 aromatic heterocycles. The minimum absolute atomic E-state index is 0.355. The van der Waals surface area contributed by atoms with Crippen molar-refractivity contribution in [2.75, 3.05) is 26.1 Å². The summed E-state index contributed by atoms with van der Waals surface area (Å²) in [5.74, 6) is 1.03. The highest BCUT2D eigenvalue weighted by atomic mass is 16.5. The number of carbonyl (C=O) groups excluding carboxylic acids is 1. The van der Waals surface area contributed by atoms with E-state index in [4.69, 9.17) is 15.2 Å². The topological polar surface area (TPSA) is 141 Å². The first-order valence-electron chi connectivity index (χ1n) is 10.7. The predicted molar refractivity (Wildman–Crippen MR) is 122 cm³/mol. The van der Waals surface area contributed by atoms with E-state index in [9.17, 15) is 9.90 Å². The SMILES string of the molecule is COc1ccc(CC(N)C(=O)N[C@H]2[C@@H](O)[C@H](n3cnc4c(N(C)C)ncnc43)O[C@@H]2C)cc1. The number of aromatic nitrogens is 4. The highest BCUT2D eigenvalue weighted by molar-refractivity contribution is 5.83. The Bertz CT molecular complexity index is 1120. The lowest BCUT2D eigenvalue weighted by Gasteiger charge is -2.22. The number of imidazole rings is 1. The van der Waals surface area contributed by atoms with Gasteiger partial charge >= 0.3 is 0 Å². The van der Waals surface area contributed by atoms with Crippen LogP contribution in [0.3, 0.4) is 0 Å². The molecule has 3 aromatic rings. The molecule has 11 nitrogen and oxygen atoms in total. The smallest absolute Gasteiger partial charge is 0.237 e. The quantitative estimate of drug-likeness (QED) is 0.457. The van der Waals surface area contributed by atoms with Crippen molar-refractivity contribution >= 4 is 22.9 Å². The first kappa shape index (κ1) is 22.9. The third-order valence-corrected chi connectivity index (χ3v) is 5.82. The van der Waals surface area contributed by atoms with Gasteiger partial charge in [0.25, 0.3) is 0 Å². The second kappa shape index (κ2) is 9.30. The molecule has 1 saturated heterocycles. The van der Waals surface area contributed by atoms with Gasteiger partial charge in [-0.05, 0) is 31.0 Å². The fraction of sp³-hybridized carbons (Fsp3) is 0.455. The van der Waals surface area contributed by atoms with Crippen molar-refractivity contribution in [3.63, 3.8) is 0 Å². The molecule has 0 saturated carbocycles. The summed E-state index contributed by atoms with van der Waals surface area (Å²) < 4.78 is 12.8. The second-order valence-electron chi connectivity index (χ2n) is 8.33. The summed E-state index contributed by atoms with van der Waals surface area (Å²) in [5, 5.41) is 13.9. The van der Waals surface area contributed by atoms with Crippen LogP contribution in [0.1, 0.15) is 18.7 Å². The number of aliphatic hydroxyl groups excluding tert-OH is 1. The molecule has 0 spiro atoms. The number of rotatable bonds is 7. The summed E-state index contributed by atoms with van der Waals surface area (Å²) in [5.41, 5.74) is 8.18. The normalized spacial score (nSPS) is 23.5. The van der Waals surface area contributed by atoms with E-state index >= 15 is 0 Å². The van der Waals surface area contributed by atoms with Crippen LogP contribution in [-0.4, -0.2) is 76.0 Å². The van der Waals surface area contributed by atoms with Crippen LogP contribution in [0.15, 0.2) is 36.9 Å². The number of amides is 1. The molecule has 1 aliphatic heterocycles. The molecule has 4 rings (SSSR count). The molecule has 3 heterocycles. The summed E-state index contributed by atoms with van der Waals surface area (Å²) in [6.07, 6.45) is 1.12. The van der Waals surface area contributed by atoms with Gasteiger partial charge in [0, 0.05) is 14.1 Å². The predicted octanol–water partition coefficient (Wildman–Crippen LogP) is 0.234. The lowest BCUT2D eigenvalue weighted by atomic mass is 10.0. The van der Waals surface area contributed by atoms with E-state index in [0.29, 0.717) is 23.4 Å². The molecule has 4 N–H and O–H groups in total. The Morgan fingerprint density at radius 1 is 1.30 bits per heavy atom. The Hall–Kier alpha value is -3.28. The summed E-state index contributed by atoms with van der Waals surface area (Å²) >= 11 is 0. The minimum Gasteiger partial charge on any atom is -0.497 e. The molecule has 1 unspecified atom stereocenters. The van der Waals surface area contributed by atoms with Gasteiger partial charge in [-0.2, -0.15) is 0 Å². The standard InChI is InChI=1S/C22H29N7O4/c1-12-16(27-21(31)15(23)9-13-5-7-14(32-4)8-6-13)18(30)22(33-12)29-11-26-17-19(28(2)3)24-10-25-20(17)29/h5-8,10-12,15-16,18,22,30H,9,23H2,1-4H3,(H,27,31)/t12-,15?,16-,18-,22-/m1/s1. The Labute approximate surface area is 191 Å². The molecule has 5 atom stereocenters. The summed E-state index contributed by atoms with van der Waals surface area (Å²) in [7, 11) is 5.33. The number of nitrogens with zero attached hydrogens (tertiary/aromatic N) is 5. The lowest BCUT2D eigenvalue weighted by molar-refractivity contribution is -0.123. The van der Waals surface area contributed by atoms with Crippen LogP contribution >= 0.6 is 0 Å². The van der Waals surface area contributed by atoms with Gasteiger partial charge in [-0.1, -0.05) is 12.1 Å². The monoisotopic (exact) mass is 455 g/mol. The average Bonchev–Trinajstić information content (AvgIpc) is 3.35. The van der Waals surface area contributed by atoms with Crippen LogP contribution < -0.4 is 20.7 Å². The molecule has 33 heavy (non-hydrogen) atoms. The summed E-state index contributed by atoms with van der Waals surface area (Å²) in [4.78, 5) is 27.6. The summed E-state index contributed by atoms with van der Waals surface area (Å²) in [6.45, 7) is 1.79. The molecule has 1 amide bonds. The third-order valence-electron chi connectivity index (χ3n) is 5.82. The van der Waals surface area contributed by atoms with Gasteiger partial charge in [0.1, 0.15) is 18.2 Å². The largest absolute Gasteiger partial charge is 0.497 e. The molecule has 0 bridgehead atoms. The molecule has 1 aliphatic rings. The number of fused-ring (bicyclic) bond motifs is 1. The van der Waals surface area contributed by atoms with Crippen molar-refractivity contribution in [3.05, 3.63) is 42.5 Å². The number of carbonyl (C=O) groups is 1.